The summed E-state index contributed by atoms with van der Waals surface area (Å²) in [6.07, 6.45) is 1.37. The number of anilines is 1. The Morgan fingerprint density at radius 1 is 0.786 bits per heavy atom. The number of rotatable bonds is 3. The maximum Gasteiger partial charge on any atom is 0.225 e. The molecule has 2 nitrogen and oxygen atoms in total. The lowest BCUT2D eigenvalue weighted by molar-refractivity contribution is -0.116. The molecule has 0 aliphatic carbocycles. The standard InChI is InChI=1S/C26H21NO/c28-25-17-23(19-11-5-2-6-12-19)24-16-20(15-18-9-3-1-4-10-18)21-13-7-8-14-22(21)26(24)27-25/h1-14,16,23H,15,17H2,(H,27,28). The van der Waals surface area contributed by atoms with Crippen LogP contribution in [-0.2, 0) is 11.2 Å². The fraction of sp³-hybridized carbons (Fsp3) is 0.115. The van der Waals surface area contributed by atoms with Gasteiger partial charge in [0, 0.05) is 17.7 Å². The fourth-order valence-corrected chi connectivity index (χ4v) is 4.32. The zero-order chi connectivity index (χ0) is 18.9. The van der Waals surface area contributed by atoms with E-state index in [0.717, 1.165) is 17.5 Å². The van der Waals surface area contributed by atoms with Gasteiger partial charge in [0.05, 0.1) is 5.69 Å². The number of nitrogens with one attached hydrogen (secondary N) is 1. The van der Waals surface area contributed by atoms with E-state index in [1.807, 2.05) is 24.3 Å². The van der Waals surface area contributed by atoms with Crippen LogP contribution in [-0.4, -0.2) is 5.91 Å². The molecule has 4 aromatic rings. The second-order valence-corrected chi connectivity index (χ2v) is 7.42. The first-order valence-corrected chi connectivity index (χ1v) is 9.73. The average Bonchev–Trinajstić information content (AvgIpc) is 2.75. The summed E-state index contributed by atoms with van der Waals surface area (Å²) in [7, 11) is 0. The molecule has 1 unspecified atom stereocenters. The van der Waals surface area contributed by atoms with Crippen LogP contribution in [0.4, 0.5) is 5.69 Å². The minimum Gasteiger partial charge on any atom is -0.325 e. The lowest BCUT2D eigenvalue weighted by Gasteiger charge is -2.28. The van der Waals surface area contributed by atoms with Crippen molar-refractivity contribution >= 4 is 22.4 Å². The van der Waals surface area contributed by atoms with Gasteiger partial charge in [-0.2, -0.15) is 0 Å². The highest BCUT2D eigenvalue weighted by Crippen LogP contribution is 2.42. The van der Waals surface area contributed by atoms with Crippen molar-refractivity contribution in [2.75, 3.05) is 5.32 Å². The molecule has 1 heterocycles. The summed E-state index contributed by atoms with van der Waals surface area (Å²) < 4.78 is 0. The highest BCUT2D eigenvalue weighted by Gasteiger charge is 2.28. The van der Waals surface area contributed by atoms with Crippen molar-refractivity contribution in [1.29, 1.82) is 0 Å². The molecule has 0 saturated carbocycles. The average molecular weight is 363 g/mol. The summed E-state index contributed by atoms with van der Waals surface area (Å²) in [4.78, 5) is 12.5. The molecule has 1 aliphatic heterocycles. The van der Waals surface area contributed by atoms with E-state index in [1.54, 1.807) is 0 Å². The van der Waals surface area contributed by atoms with Gasteiger partial charge in [0.15, 0.2) is 0 Å². The molecule has 2 heteroatoms. The van der Waals surface area contributed by atoms with Crippen molar-refractivity contribution in [3.8, 4) is 0 Å². The quantitative estimate of drug-likeness (QED) is 0.482. The van der Waals surface area contributed by atoms with E-state index in [2.05, 4.69) is 72.0 Å². The van der Waals surface area contributed by atoms with Crippen molar-refractivity contribution in [3.63, 3.8) is 0 Å². The zero-order valence-corrected chi connectivity index (χ0v) is 15.6. The van der Waals surface area contributed by atoms with Crippen molar-refractivity contribution in [2.45, 2.75) is 18.8 Å². The first-order chi connectivity index (χ1) is 13.8. The van der Waals surface area contributed by atoms with Gasteiger partial charge in [-0.15, -0.1) is 0 Å². The molecule has 5 rings (SSSR count). The van der Waals surface area contributed by atoms with Gasteiger partial charge < -0.3 is 5.32 Å². The molecule has 1 amide bonds. The lowest BCUT2D eigenvalue weighted by atomic mass is 9.81. The summed E-state index contributed by atoms with van der Waals surface area (Å²) in [5, 5.41) is 5.49. The second-order valence-electron chi connectivity index (χ2n) is 7.42. The Bertz CT molecular complexity index is 1150. The molecular formula is C26H21NO. The Morgan fingerprint density at radius 2 is 1.43 bits per heavy atom. The summed E-state index contributed by atoms with van der Waals surface area (Å²) in [5.41, 5.74) is 5.98. The van der Waals surface area contributed by atoms with Crippen LogP contribution in [0, 0.1) is 0 Å². The molecule has 0 spiro atoms. The Kier molecular flexibility index (Phi) is 4.17. The largest absolute Gasteiger partial charge is 0.325 e. The molecular weight excluding hydrogens is 342 g/mol. The number of hydrogen-bond donors (Lipinski definition) is 1. The van der Waals surface area contributed by atoms with Gasteiger partial charge in [-0.1, -0.05) is 91.0 Å². The van der Waals surface area contributed by atoms with Crippen molar-refractivity contribution in [1.82, 2.24) is 0 Å². The minimum atomic E-state index is 0.0855. The third kappa shape index (κ3) is 2.97. The van der Waals surface area contributed by atoms with Crippen LogP contribution in [0.1, 0.15) is 34.6 Å². The van der Waals surface area contributed by atoms with Gasteiger partial charge in [0.2, 0.25) is 5.91 Å². The van der Waals surface area contributed by atoms with E-state index in [9.17, 15) is 4.79 Å². The summed E-state index contributed by atoms with van der Waals surface area (Å²) in [6, 6.07) is 31.6. The Balaban J connectivity index is 1.72. The number of amides is 1. The number of benzene rings is 4. The number of carbonyl (C=O) groups excluding carboxylic acids is 1. The highest BCUT2D eigenvalue weighted by molar-refractivity contribution is 6.07. The Labute approximate surface area is 164 Å². The molecule has 1 atom stereocenters. The maximum atomic E-state index is 12.5. The molecule has 1 N–H and O–H groups in total. The normalized spacial score (nSPS) is 15.9. The lowest BCUT2D eigenvalue weighted by Crippen LogP contribution is -2.24. The first kappa shape index (κ1) is 16.8. The van der Waals surface area contributed by atoms with Crippen LogP contribution in [0.15, 0.2) is 91.0 Å². The SMILES string of the molecule is O=C1CC(c2ccccc2)c2cc(Cc3ccccc3)c3ccccc3c2N1. The second kappa shape index (κ2) is 6.97. The summed E-state index contributed by atoms with van der Waals surface area (Å²) in [6.45, 7) is 0. The van der Waals surface area contributed by atoms with Gasteiger partial charge in [0.1, 0.15) is 0 Å². The predicted molar refractivity (Wildman–Crippen MR) is 115 cm³/mol. The summed E-state index contributed by atoms with van der Waals surface area (Å²) in [5.74, 6) is 0.173. The molecule has 28 heavy (non-hydrogen) atoms. The summed E-state index contributed by atoms with van der Waals surface area (Å²) >= 11 is 0. The van der Waals surface area contributed by atoms with Gasteiger partial charge in [-0.25, -0.2) is 0 Å². The first-order valence-electron chi connectivity index (χ1n) is 9.73. The fourth-order valence-electron chi connectivity index (χ4n) is 4.32. The zero-order valence-electron chi connectivity index (χ0n) is 15.6. The molecule has 0 bridgehead atoms. The molecule has 0 radical (unpaired) electrons. The topological polar surface area (TPSA) is 29.1 Å². The van der Waals surface area contributed by atoms with Crippen LogP contribution < -0.4 is 5.32 Å². The highest BCUT2D eigenvalue weighted by atomic mass is 16.1. The molecule has 1 aliphatic rings. The maximum absolute atomic E-state index is 12.5. The van der Waals surface area contributed by atoms with Crippen molar-refractivity contribution < 1.29 is 4.79 Å². The van der Waals surface area contributed by atoms with E-state index in [1.165, 1.54) is 27.6 Å². The molecule has 0 aromatic heterocycles. The molecule has 4 aromatic carbocycles. The van der Waals surface area contributed by atoms with E-state index in [4.69, 9.17) is 0 Å². The number of hydrogen-bond acceptors (Lipinski definition) is 1. The Hall–Kier alpha value is -3.39. The van der Waals surface area contributed by atoms with Crippen LogP contribution in [0.2, 0.25) is 0 Å². The van der Waals surface area contributed by atoms with Crippen LogP contribution in [0.5, 0.6) is 0 Å². The van der Waals surface area contributed by atoms with Gasteiger partial charge in [-0.05, 0) is 34.1 Å². The van der Waals surface area contributed by atoms with E-state index in [0.29, 0.717) is 6.42 Å². The van der Waals surface area contributed by atoms with E-state index >= 15 is 0 Å². The van der Waals surface area contributed by atoms with Crippen LogP contribution in [0.3, 0.4) is 0 Å². The third-order valence-corrected chi connectivity index (χ3v) is 5.63. The van der Waals surface area contributed by atoms with Crippen molar-refractivity contribution in [3.05, 3.63) is 113 Å². The number of fused-ring (bicyclic) bond motifs is 3. The van der Waals surface area contributed by atoms with Crippen molar-refractivity contribution in [2.24, 2.45) is 0 Å². The monoisotopic (exact) mass is 363 g/mol. The van der Waals surface area contributed by atoms with E-state index in [-0.39, 0.29) is 11.8 Å². The molecule has 0 saturated heterocycles. The number of carbonyl (C=O) groups is 1. The van der Waals surface area contributed by atoms with Crippen LogP contribution >= 0.6 is 0 Å². The van der Waals surface area contributed by atoms with Gasteiger partial charge >= 0.3 is 0 Å². The van der Waals surface area contributed by atoms with Crippen LogP contribution in [0.25, 0.3) is 10.8 Å². The Morgan fingerprint density at radius 3 is 2.18 bits per heavy atom. The molecule has 136 valence electrons. The van der Waals surface area contributed by atoms with E-state index < -0.39 is 0 Å². The van der Waals surface area contributed by atoms with Gasteiger partial charge in [-0.3, -0.25) is 4.79 Å². The molecule has 0 fully saturated rings. The van der Waals surface area contributed by atoms with Gasteiger partial charge in [0.25, 0.3) is 0 Å². The third-order valence-electron chi connectivity index (χ3n) is 5.63. The predicted octanol–water partition coefficient (Wildman–Crippen LogP) is 5.90. The minimum absolute atomic E-state index is 0.0855. The smallest absolute Gasteiger partial charge is 0.225 e.